The molecule has 0 unspecified atom stereocenters. The molecule has 1 N–H and O–H groups in total. The summed E-state index contributed by atoms with van der Waals surface area (Å²) >= 11 is 0. The van der Waals surface area contributed by atoms with E-state index in [9.17, 15) is 4.79 Å². The third-order valence-electron chi connectivity index (χ3n) is 6.47. The average Bonchev–Trinajstić information content (AvgIpc) is 3.11. The van der Waals surface area contributed by atoms with Gasteiger partial charge in [0.2, 0.25) is 5.91 Å². The first-order valence-corrected chi connectivity index (χ1v) is 9.42. The van der Waals surface area contributed by atoms with Crippen LogP contribution in [0.2, 0.25) is 0 Å². The minimum absolute atomic E-state index is 0. The molecule has 2 aliphatic heterocycles. The van der Waals surface area contributed by atoms with E-state index in [4.69, 9.17) is 9.47 Å². The zero-order valence-electron chi connectivity index (χ0n) is 15.7. The number of fused-ring (bicyclic) bond motifs is 2. The van der Waals surface area contributed by atoms with Gasteiger partial charge in [-0.3, -0.25) is 4.79 Å². The van der Waals surface area contributed by atoms with Crippen LogP contribution in [0, 0.1) is 11.3 Å². The Morgan fingerprint density at radius 2 is 1.92 bits per heavy atom. The van der Waals surface area contributed by atoms with E-state index in [2.05, 4.69) is 16.3 Å². The molecule has 0 spiro atoms. The Balaban J connectivity index is 0.00000196. The van der Waals surface area contributed by atoms with E-state index in [1.165, 1.54) is 30.4 Å². The largest absolute Gasteiger partial charge is 0.493 e. The molecule has 4 rings (SSSR count). The standard InChI is InChI=1S/C20H28N2O3.ClH/c1-24-17-9-14-6-8-22(12-15(14)10-18(17)25-2)19(23)20-7-4-3-5-16(20)11-21-13-20;/h9-10,16,21H,3-8,11-13H2,1-2H3;1H/t16-,20+;/m0./s1. The Labute approximate surface area is 161 Å². The van der Waals surface area contributed by atoms with Gasteiger partial charge in [0.15, 0.2) is 11.5 Å². The van der Waals surface area contributed by atoms with Gasteiger partial charge in [-0.1, -0.05) is 12.8 Å². The van der Waals surface area contributed by atoms with Crippen molar-refractivity contribution in [1.82, 2.24) is 10.2 Å². The lowest BCUT2D eigenvalue weighted by molar-refractivity contribution is -0.146. The number of amides is 1. The fraction of sp³-hybridized carbons (Fsp3) is 0.650. The zero-order chi connectivity index (χ0) is 17.4. The number of nitrogens with one attached hydrogen (secondary N) is 1. The van der Waals surface area contributed by atoms with E-state index in [0.29, 0.717) is 18.4 Å². The van der Waals surface area contributed by atoms with Gasteiger partial charge >= 0.3 is 0 Å². The number of hydrogen-bond acceptors (Lipinski definition) is 4. The second-order valence-electron chi connectivity index (χ2n) is 7.68. The Morgan fingerprint density at radius 1 is 1.19 bits per heavy atom. The number of methoxy groups -OCH3 is 2. The summed E-state index contributed by atoms with van der Waals surface area (Å²) in [6, 6.07) is 4.10. The third kappa shape index (κ3) is 3.05. The van der Waals surface area contributed by atoms with E-state index in [-0.39, 0.29) is 17.8 Å². The number of carbonyl (C=O) groups is 1. The quantitative estimate of drug-likeness (QED) is 0.876. The summed E-state index contributed by atoms with van der Waals surface area (Å²) in [4.78, 5) is 15.6. The highest BCUT2D eigenvalue weighted by Gasteiger charge is 2.51. The summed E-state index contributed by atoms with van der Waals surface area (Å²) in [5, 5.41) is 3.49. The smallest absolute Gasteiger partial charge is 0.230 e. The van der Waals surface area contributed by atoms with Gasteiger partial charge in [-0.25, -0.2) is 0 Å². The molecule has 1 amide bonds. The summed E-state index contributed by atoms with van der Waals surface area (Å²) < 4.78 is 10.9. The molecule has 1 aromatic carbocycles. The topological polar surface area (TPSA) is 50.8 Å². The van der Waals surface area contributed by atoms with Crippen LogP contribution in [0.25, 0.3) is 0 Å². The molecule has 2 atom stereocenters. The monoisotopic (exact) mass is 380 g/mol. The Bertz CT molecular complexity index is 681. The lowest BCUT2D eigenvalue weighted by Gasteiger charge is -2.42. The van der Waals surface area contributed by atoms with E-state index >= 15 is 0 Å². The van der Waals surface area contributed by atoms with Crippen molar-refractivity contribution in [2.45, 2.75) is 38.6 Å². The number of hydrogen-bond donors (Lipinski definition) is 1. The highest BCUT2D eigenvalue weighted by atomic mass is 35.5. The highest BCUT2D eigenvalue weighted by Crippen LogP contribution is 2.46. The van der Waals surface area contributed by atoms with Crippen molar-refractivity contribution in [2.24, 2.45) is 11.3 Å². The molecule has 0 radical (unpaired) electrons. The van der Waals surface area contributed by atoms with Gasteiger partial charge in [0.25, 0.3) is 0 Å². The van der Waals surface area contributed by atoms with E-state index in [1.807, 2.05) is 6.07 Å². The highest BCUT2D eigenvalue weighted by molar-refractivity contribution is 5.85. The molecule has 0 aromatic heterocycles. The minimum Gasteiger partial charge on any atom is -0.493 e. The van der Waals surface area contributed by atoms with Crippen LogP contribution in [0.4, 0.5) is 0 Å². The molecule has 1 saturated heterocycles. The van der Waals surface area contributed by atoms with Gasteiger partial charge in [0.1, 0.15) is 0 Å². The summed E-state index contributed by atoms with van der Waals surface area (Å²) in [7, 11) is 3.32. The van der Waals surface area contributed by atoms with Crippen molar-refractivity contribution in [3.8, 4) is 11.5 Å². The summed E-state index contributed by atoms with van der Waals surface area (Å²) in [6.45, 7) is 3.34. The van der Waals surface area contributed by atoms with Crippen molar-refractivity contribution in [2.75, 3.05) is 33.9 Å². The first-order chi connectivity index (χ1) is 12.2. The minimum atomic E-state index is -0.160. The molecule has 1 aliphatic carbocycles. The van der Waals surface area contributed by atoms with E-state index in [0.717, 1.165) is 44.0 Å². The summed E-state index contributed by atoms with van der Waals surface area (Å²) in [5.41, 5.74) is 2.29. The Hall–Kier alpha value is -1.46. The van der Waals surface area contributed by atoms with Crippen LogP contribution in [-0.2, 0) is 17.8 Å². The molecule has 1 saturated carbocycles. The van der Waals surface area contributed by atoms with Gasteiger partial charge in [0, 0.05) is 19.6 Å². The molecule has 3 aliphatic rings. The van der Waals surface area contributed by atoms with E-state index in [1.54, 1.807) is 14.2 Å². The number of carbonyl (C=O) groups excluding carboxylic acids is 1. The maximum Gasteiger partial charge on any atom is 0.230 e. The number of rotatable bonds is 3. The van der Waals surface area contributed by atoms with Crippen LogP contribution in [0.1, 0.15) is 36.8 Å². The van der Waals surface area contributed by atoms with Crippen molar-refractivity contribution >= 4 is 18.3 Å². The summed E-state index contributed by atoms with van der Waals surface area (Å²) in [6.07, 6.45) is 5.56. The second-order valence-corrected chi connectivity index (χ2v) is 7.68. The normalized spacial score (nSPS) is 27.2. The number of ether oxygens (including phenoxy) is 2. The lowest BCUT2D eigenvalue weighted by Crippen LogP contribution is -2.51. The van der Waals surface area contributed by atoms with Crippen LogP contribution in [0.5, 0.6) is 11.5 Å². The molecule has 5 nitrogen and oxygen atoms in total. The predicted molar refractivity (Wildman–Crippen MR) is 103 cm³/mol. The van der Waals surface area contributed by atoms with Gasteiger partial charge < -0.3 is 19.7 Å². The molecule has 2 heterocycles. The van der Waals surface area contributed by atoms with E-state index < -0.39 is 0 Å². The number of halogens is 1. The second kappa shape index (κ2) is 7.65. The first kappa shape index (κ1) is 19.3. The number of benzene rings is 1. The average molecular weight is 381 g/mol. The molecular formula is C20H29ClN2O3. The summed E-state index contributed by atoms with van der Waals surface area (Å²) in [5.74, 6) is 2.39. The van der Waals surface area contributed by atoms with Gasteiger partial charge in [0.05, 0.1) is 19.6 Å². The lowest BCUT2D eigenvalue weighted by atomic mass is 9.67. The van der Waals surface area contributed by atoms with Crippen molar-refractivity contribution < 1.29 is 14.3 Å². The molecule has 0 bridgehead atoms. The van der Waals surface area contributed by atoms with Crippen molar-refractivity contribution in [3.05, 3.63) is 23.3 Å². The SMILES string of the molecule is COc1cc2c(cc1OC)CN(C(=O)[C@@]13CCCC[C@H]1CNC3)CC2.Cl. The number of nitrogens with zero attached hydrogens (tertiary/aromatic N) is 1. The fourth-order valence-corrected chi connectivity index (χ4v) is 5.04. The maximum absolute atomic E-state index is 13.5. The van der Waals surface area contributed by atoms with Crippen LogP contribution < -0.4 is 14.8 Å². The van der Waals surface area contributed by atoms with Crippen molar-refractivity contribution in [1.29, 1.82) is 0 Å². The molecule has 1 aromatic rings. The molecule has 6 heteroatoms. The van der Waals surface area contributed by atoms with Crippen LogP contribution in [0.15, 0.2) is 12.1 Å². The molecule has 2 fully saturated rings. The third-order valence-corrected chi connectivity index (χ3v) is 6.47. The van der Waals surface area contributed by atoms with Gasteiger partial charge in [-0.05, 0) is 55.0 Å². The molecular weight excluding hydrogens is 352 g/mol. The first-order valence-electron chi connectivity index (χ1n) is 9.42. The van der Waals surface area contributed by atoms with Crippen molar-refractivity contribution in [3.63, 3.8) is 0 Å². The molecule has 26 heavy (non-hydrogen) atoms. The fourth-order valence-electron chi connectivity index (χ4n) is 5.04. The van der Waals surface area contributed by atoms with Crippen LogP contribution in [-0.4, -0.2) is 44.7 Å². The Morgan fingerprint density at radius 3 is 2.65 bits per heavy atom. The van der Waals surface area contributed by atoms with Crippen LogP contribution in [0.3, 0.4) is 0 Å². The predicted octanol–water partition coefficient (Wildman–Crippen LogP) is 2.79. The van der Waals surface area contributed by atoms with Crippen LogP contribution >= 0.6 is 12.4 Å². The van der Waals surface area contributed by atoms with Gasteiger partial charge in [-0.15, -0.1) is 12.4 Å². The van der Waals surface area contributed by atoms with Gasteiger partial charge in [-0.2, -0.15) is 0 Å². The molecule has 144 valence electrons. The zero-order valence-corrected chi connectivity index (χ0v) is 16.5. The Kier molecular flexibility index (Phi) is 5.68. The maximum atomic E-state index is 13.5.